The average molecular weight is 339 g/mol. The van der Waals surface area contributed by atoms with E-state index in [2.05, 4.69) is 31.2 Å². The molecule has 0 bridgehead atoms. The molecule has 1 aliphatic heterocycles. The van der Waals surface area contributed by atoms with Gasteiger partial charge in [-0.15, -0.1) is 0 Å². The van der Waals surface area contributed by atoms with E-state index in [0.29, 0.717) is 5.25 Å². The highest BCUT2D eigenvalue weighted by Gasteiger charge is 2.33. The minimum absolute atomic E-state index is 0.0222. The lowest BCUT2D eigenvalue weighted by Gasteiger charge is -2.21. The standard InChI is InChI=1S/C18H26O2S2/c1-13-5-7-14(8-6-13)10-21-12-16-9-15(11-22-16)17(19)20-18(2,3)4/h5-8,15-16H,9-12H2,1-4H3/t15-,16+/m0/s1. The van der Waals surface area contributed by atoms with Crippen LogP contribution in [-0.2, 0) is 15.3 Å². The highest BCUT2D eigenvalue weighted by atomic mass is 32.2. The summed E-state index contributed by atoms with van der Waals surface area (Å²) in [5, 5.41) is 0.577. The van der Waals surface area contributed by atoms with Gasteiger partial charge in [-0.1, -0.05) is 29.8 Å². The van der Waals surface area contributed by atoms with E-state index in [0.717, 1.165) is 23.7 Å². The predicted octanol–water partition coefficient (Wildman–Crippen LogP) is 4.69. The van der Waals surface area contributed by atoms with Gasteiger partial charge in [0.15, 0.2) is 0 Å². The zero-order valence-corrected chi connectivity index (χ0v) is 15.6. The summed E-state index contributed by atoms with van der Waals surface area (Å²) in [7, 11) is 0. The van der Waals surface area contributed by atoms with Crippen LogP contribution in [0.4, 0.5) is 0 Å². The predicted molar refractivity (Wildman–Crippen MR) is 97.5 cm³/mol. The van der Waals surface area contributed by atoms with E-state index in [4.69, 9.17) is 4.74 Å². The van der Waals surface area contributed by atoms with Crippen molar-refractivity contribution in [1.82, 2.24) is 0 Å². The van der Waals surface area contributed by atoms with E-state index in [1.807, 2.05) is 44.3 Å². The zero-order valence-electron chi connectivity index (χ0n) is 13.9. The number of benzene rings is 1. The van der Waals surface area contributed by atoms with Gasteiger partial charge in [-0.3, -0.25) is 4.79 Å². The van der Waals surface area contributed by atoms with E-state index in [1.54, 1.807) is 0 Å². The van der Waals surface area contributed by atoms with Gasteiger partial charge >= 0.3 is 5.97 Å². The molecule has 22 heavy (non-hydrogen) atoms. The largest absolute Gasteiger partial charge is 0.460 e. The molecular weight excluding hydrogens is 312 g/mol. The Hall–Kier alpha value is -0.610. The second-order valence-electron chi connectivity index (χ2n) is 6.92. The normalized spacial score (nSPS) is 21.8. The molecule has 0 unspecified atom stereocenters. The van der Waals surface area contributed by atoms with Crippen molar-refractivity contribution in [2.24, 2.45) is 5.92 Å². The highest BCUT2D eigenvalue weighted by molar-refractivity contribution is 8.03. The van der Waals surface area contributed by atoms with Crippen molar-refractivity contribution in [3.63, 3.8) is 0 Å². The van der Waals surface area contributed by atoms with Crippen LogP contribution in [0.5, 0.6) is 0 Å². The number of ether oxygens (including phenoxy) is 1. The first-order valence-corrected chi connectivity index (χ1v) is 10.0. The number of aryl methyl sites for hydroxylation is 1. The Kier molecular flexibility index (Phi) is 6.27. The van der Waals surface area contributed by atoms with Gasteiger partial charge in [0.1, 0.15) is 5.60 Å². The summed E-state index contributed by atoms with van der Waals surface area (Å²) in [6.07, 6.45) is 0.959. The Balaban J connectivity index is 1.70. The van der Waals surface area contributed by atoms with Crippen LogP contribution >= 0.6 is 23.5 Å². The molecule has 1 aromatic rings. The van der Waals surface area contributed by atoms with Gasteiger partial charge in [0.25, 0.3) is 0 Å². The molecule has 0 aliphatic carbocycles. The maximum atomic E-state index is 12.1. The van der Waals surface area contributed by atoms with Crippen LogP contribution in [0.2, 0.25) is 0 Å². The Morgan fingerprint density at radius 3 is 2.64 bits per heavy atom. The molecule has 1 heterocycles. The van der Waals surface area contributed by atoms with E-state index in [9.17, 15) is 4.79 Å². The van der Waals surface area contributed by atoms with Gasteiger partial charge in [-0.05, 0) is 39.7 Å². The molecular formula is C18H26O2S2. The fourth-order valence-electron chi connectivity index (χ4n) is 2.36. The van der Waals surface area contributed by atoms with Gasteiger partial charge < -0.3 is 4.74 Å². The maximum absolute atomic E-state index is 12.1. The smallest absolute Gasteiger partial charge is 0.310 e. The lowest BCUT2D eigenvalue weighted by molar-refractivity contribution is -0.159. The fraction of sp³-hybridized carbons (Fsp3) is 0.611. The summed E-state index contributed by atoms with van der Waals surface area (Å²) in [5.41, 5.74) is 2.31. The van der Waals surface area contributed by atoms with E-state index >= 15 is 0 Å². The number of rotatable bonds is 5. The second kappa shape index (κ2) is 7.78. The molecule has 1 saturated heterocycles. The molecule has 0 aromatic heterocycles. The second-order valence-corrected chi connectivity index (χ2v) is 9.29. The summed E-state index contributed by atoms with van der Waals surface area (Å²) in [4.78, 5) is 12.1. The quantitative estimate of drug-likeness (QED) is 0.728. The van der Waals surface area contributed by atoms with E-state index < -0.39 is 0 Å². The van der Waals surface area contributed by atoms with Crippen molar-refractivity contribution >= 4 is 29.5 Å². The van der Waals surface area contributed by atoms with Gasteiger partial charge in [0.05, 0.1) is 5.92 Å². The average Bonchev–Trinajstić information content (AvgIpc) is 2.88. The SMILES string of the molecule is Cc1ccc(CSC[C@H]2C[C@H](C(=O)OC(C)(C)C)CS2)cc1. The van der Waals surface area contributed by atoms with Gasteiger partial charge in [-0.25, -0.2) is 0 Å². The van der Waals surface area contributed by atoms with Crippen LogP contribution in [0.1, 0.15) is 38.3 Å². The van der Waals surface area contributed by atoms with Crippen LogP contribution in [0.15, 0.2) is 24.3 Å². The minimum Gasteiger partial charge on any atom is -0.460 e. The molecule has 1 fully saturated rings. The molecule has 1 aromatic carbocycles. The third-order valence-corrected chi connectivity index (χ3v) is 6.33. The van der Waals surface area contributed by atoms with Gasteiger partial charge in [0.2, 0.25) is 0 Å². The van der Waals surface area contributed by atoms with Crippen molar-refractivity contribution in [2.75, 3.05) is 11.5 Å². The molecule has 0 N–H and O–H groups in total. The Morgan fingerprint density at radius 1 is 1.32 bits per heavy atom. The van der Waals surface area contributed by atoms with E-state index in [-0.39, 0.29) is 17.5 Å². The highest BCUT2D eigenvalue weighted by Crippen LogP contribution is 2.35. The van der Waals surface area contributed by atoms with Crippen LogP contribution in [0, 0.1) is 12.8 Å². The van der Waals surface area contributed by atoms with Crippen LogP contribution in [0.3, 0.4) is 0 Å². The molecule has 2 nitrogen and oxygen atoms in total. The summed E-state index contributed by atoms with van der Waals surface area (Å²) < 4.78 is 5.50. The first-order chi connectivity index (χ1) is 10.3. The minimum atomic E-state index is -0.375. The van der Waals surface area contributed by atoms with Crippen molar-refractivity contribution in [3.05, 3.63) is 35.4 Å². The lowest BCUT2D eigenvalue weighted by atomic mass is 10.1. The van der Waals surface area contributed by atoms with Gasteiger partial charge in [-0.2, -0.15) is 23.5 Å². The lowest BCUT2D eigenvalue weighted by Crippen LogP contribution is -2.29. The molecule has 0 radical (unpaired) electrons. The number of carbonyl (C=O) groups excluding carboxylic acids is 1. The van der Waals surface area contributed by atoms with Crippen LogP contribution in [-0.4, -0.2) is 28.3 Å². The Morgan fingerprint density at radius 2 is 2.00 bits per heavy atom. The molecule has 0 saturated carbocycles. The molecule has 4 heteroatoms. The first kappa shape index (κ1) is 17.7. The molecule has 0 spiro atoms. The molecule has 2 rings (SSSR count). The summed E-state index contributed by atoms with van der Waals surface area (Å²) in [6, 6.07) is 8.73. The summed E-state index contributed by atoms with van der Waals surface area (Å²) in [5.74, 6) is 3.12. The maximum Gasteiger partial charge on any atom is 0.310 e. The third-order valence-electron chi connectivity index (χ3n) is 3.51. The topological polar surface area (TPSA) is 26.3 Å². The Labute approximate surface area is 142 Å². The molecule has 122 valence electrons. The van der Waals surface area contributed by atoms with E-state index in [1.165, 1.54) is 11.1 Å². The van der Waals surface area contributed by atoms with Crippen molar-refractivity contribution in [3.8, 4) is 0 Å². The third kappa shape index (κ3) is 5.88. The monoisotopic (exact) mass is 338 g/mol. The molecule has 0 amide bonds. The number of hydrogen-bond acceptors (Lipinski definition) is 4. The summed E-state index contributed by atoms with van der Waals surface area (Å²) >= 11 is 3.88. The summed E-state index contributed by atoms with van der Waals surface area (Å²) in [6.45, 7) is 7.91. The Bertz CT molecular complexity index is 491. The zero-order chi connectivity index (χ0) is 16.2. The van der Waals surface area contributed by atoms with Crippen molar-refractivity contribution in [2.45, 2.75) is 50.7 Å². The van der Waals surface area contributed by atoms with Crippen LogP contribution in [0.25, 0.3) is 0 Å². The fourth-order valence-corrected chi connectivity index (χ4v) is 5.13. The number of esters is 1. The first-order valence-electron chi connectivity index (χ1n) is 7.81. The van der Waals surface area contributed by atoms with Crippen LogP contribution < -0.4 is 0 Å². The number of thioether (sulfide) groups is 2. The van der Waals surface area contributed by atoms with Gasteiger partial charge in [0, 0.05) is 22.5 Å². The molecule has 1 aliphatic rings. The van der Waals surface area contributed by atoms with Crippen molar-refractivity contribution < 1.29 is 9.53 Å². The van der Waals surface area contributed by atoms with Crippen molar-refractivity contribution in [1.29, 1.82) is 0 Å². The number of hydrogen-bond donors (Lipinski definition) is 0. The number of carbonyl (C=O) groups is 1. The molecule has 2 atom stereocenters.